The van der Waals surface area contributed by atoms with Crippen LogP contribution in [0.4, 0.5) is 5.82 Å². The molecule has 0 radical (unpaired) electrons. The molecule has 2 aromatic rings. The van der Waals surface area contributed by atoms with Crippen molar-refractivity contribution in [3.63, 3.8) is 0 Å². The summed E-state index contributed by atoms with van der Waals surface area (Å²) in [5.74, 6) is 0.386. The number of aromatic nitrogens is 3. The smallest absolute Gasteiger partial charge is 0.164 e. The number of nitrogens with two attached hydrogens (primary N) is 1. The Balaban J connectivity index is 1.37. The highest BCUT2D eigenvalue weighted by Crippen LogP contribution is 2.38. The van der Waals surface area contributed by atoms with E-state index in [1.165, 1.54) is 25.6 Å². The number of hydrogen-bond donors (Lipinski definition) is 4. The first kappa shape index (κ1) is 18.3. The maximum Gasteiger partial charge on any atom is 0.164 e. The van der Waals surface area contributed by atoms with Crippen LogP contribution in [0.2, 0.25) is 0 Å². The molecule has 1 spiro atoms. The number of rotatable bonds is 3. The fraction of sp³-hybridized carbons (Fsp3) is 0.684. The molecule has 5 rings (SSSR count). The molecule has 0 bridgehead atoms. The third kappa shape index (κ3) is 2.81. The van der Waals surface area contributed by atoms with E-state index in [0.717, 1.165) is 26.1 Å². The lowest BCUT2D eigenvalue weighted by Gasteiger charge is -2.43. The average Bonchev–Trinajstić information content (AvgIpc) is 3.37. The summed E-state index contributed by atoms with van der Waals surface area (Å²) in [6, 6.07) is 1.81. The van der Waals surface area contributed by atoms with Crippen molar-refractivity contribution in [3.05, 3.63) is 18.6 Å². The van der Waals surface area contributed by atoms with Crippen molar-refractivity contribution in [1.82, 2.24) is 24.8 Å². The number of piperidine rings is 1. The molecule has 3 aliphatic heterocycles. The number of aliphatic hydroxyl groups excluding tert-OH is 2. The molecule has 5 atom stereocenters. The molecular weight excluding hydrogens is 360 g/mol. The molecule has 2 aromatic heterocycles. The molecule has 0 amide bonds. The number of nitrogens with one attached hydrogen (secondary N) is 1. The summed E-state index contributed by atoms with van der Waals surface area (Å²) in [5, 5.41) is 25.7. The van der Waals surface area contributed by atoms with Gasteiger partial charge in [0.2, 0.25) is 0 Å². The average molecular weight is 388 g/mol. The summed E-state index contributed by atoms with van der Waals surface area (Å²) in [4.78, 5) is 10.7. The van der Waals surface area contributed by atoms with Crippen molar-refractivity contribution in [1.29, 1.82) is 0 Å². The number of aliphatic hydroxyl groups is 2. The maximum atomic E-state index is 10.7. The van der Waals surface area contributed by atoms with E-state index in [4.69, 9.17) is 10.5 Å². The van der Waals surface area contributed by atoms with Gasteiger partial charge in [0.05, 0.1) is 5.39 Å². The lowest BCUT2D eigenvalue weighted by Crippen LogP contribution is -2.56. The van der Waals surface area contributed by atoms with Gasteiger partial charge >= 0.3 is 0 Å². The van der Waals surface area contributed by atoms with Crippen LogP contribution in [-0.2, 0) is 4.74 Å². The Morgan fingerprint density at radius 2 is 2.11 bits per heavy atom. The van der Waals surface area contributed by atoms with Gasteiger partial charge in [0.1, 0.15) is 36.1 Å². The van der Waals surface area contributed by atoms with E-state index in [1.807, 2.05) is 6.07 Å². The second-order valence-corrected chi connectivity index (χ2v) is 8.32. The molecule has 3 saturated heterocycles. The summed E-state index contributed by atoms with van der Waals surface area (Å²) in [7, 11) is 0. The Morgan fingerprint density at radius 1 is 1.25 bits per heavy atom. The Bertz CT molecular complexity index is 851. The first-order valence-corrected chi connectivity index (χ1v) is 10.1. The SMILES string of the molecule is Nc1ncnc2c1ccn2[C@@H]1O[C@H](CN2CCCC23CCCNC3)[C@@H](O)[C@H]1O. The molecule has 0 aromatic carbocycles. The van der Waals surface area contributed by atoms with Crippen molar-refractivity contribution in [3.8, 4) is 0 Å². The van der Waals surface area contributed by atoms with Crippen LogP contribution in [-0.4, -0.2) is 79.7 Å². The van der Waals surface area contributed by atoms with Gasteiger partial charge in [0.15, 0.2) is 6.23 Å². The zero-order chi connectivity index (χ0) is 19.3. The van der Waals surface area contributed by atoms with Crippen molar-refractivity contribution in [2.75, 3.05) is 31.9 Å². The summed E-state index contributed by atoms with van der Waals surface area (Å²) < 4.78 is 7.91. The zero-order valence-electron chi connectivity index (χ0n) is 15.9. The molecule has 5 heterocycles. The van der Waals surface area contributed by atoms with Crippen LogP contribution in [0, 0.1) is 0 Å². The topological polar surface area (TPSA) is 122 Å². The molecule has 9 nitrogen and oxygen atoms in total. The van der Waals surface area contributed by atoms with Gasteiger partial charge in [-0.2, -0.15) is 0 Å². The van der Waals surface area contributed by atoms with Crippen molar-refractivity contribution in [2.24, 2.45) is 0 Å². The molecule has 0 aliphatic carbocycles. The van der Waals surface area contributed by atoms with Gasteiger partial charge in [0, 0.05) is 24.8 Å². The van der Waals surface area contributed by atoms with Crippen LogP contribution in [0.5, 0.6) is 0 Å². The Labute approximate surface area is 163 Å². The van der Waals surface area contributed by atoms with Crippen LogP contribution in [0.15, 0.2) is 18.6 Å². The molecule has 28 heavy (non-hydrogen) atoms. The third-order valence-electron chi connectivity index (χ3n) is 6.74. The Hall–Kier alpha value is -1.78. The second-order valence-electron chi connectivity index (χ2n) is 8.32. The number of hydrogen-bond acceptors (Lipinski definition) is 8. The van der Waals surface area contributed by atoms with Crippen molar-refractivity contribution >= 4 is 16.9 Å². The van der Waals surface area contributed by atoms with E-state index in [9.17, 15) is 10.2 Å². The molecular formula is C19H28N6O3. The van der Waals surface area contributed by atoms with Crippen LogP contribution in [0.1, 0.15) is 31.9 Å². The normalized spacial score (nSPS) is 36.6. The third-order valence-corrected chi connectivity index (χ3v) is 6.74. The summed E-state index contributed by atoms with van der Waals surface area (Å²) in [6.45, 7) is 3.68. The predicted molar refractivity (Wildman–Crippen MR) is 104 cm³/mol. The lowest BCUT2D eigenvalue weighted by atomic mass is 9.87. The van der Waals surface area contributed by atoms with Crippen molar-refractivity contribution < 1.29 is 14.9 Å². The first-order valence-electron chi connectivity index (χ1n) is 10.1. The minimum Gasteiger partial charge on any atom is -0.387 e. The zero-order valence-corrected chi connectivity index (χ0v) is 15.9. The quantitative estimate of drug-likeness (QED) is 0.573. The largest absolute Gasteiger partial charge is 0.387 e. The van der Waals surface area contributed by atoms with Gasteiger partial charge < -0.3 is 30.6 Å². The number of likely N-dealkylation sites (tertiary alicyclic amines) is 1. The molecule has 3 fully saturated rings. The van der Waals surface area contributed by atoms with E-state index in [0.29, 0.717) is 23.4 Å². The monoisotopic (exact) mass is 388 g/mol. The fourth-order valence-electron chi connectivity index (χ4n) is 5.24. The van der Waals surface area contributed by atoms with Gasteiger partial charge in [0.25, 0.3) is 0 Å². The van der Waals surface area contributed by atoms with E-state index in [2.05, 4.69) is 20.2 Å². The van der Waals surface area contributed by atoms with E-state index >= 15 is 0 Å². The number of ether oxygens (including phenoxy) is 1. The molecule has 0 saturated carbocycles. The van der Waals surface area contributed by atoms with Gasteiger partial charge in [-0.3, -0.25) is 4.90 Å². The second kappa shape index (κ2) is 6.93. The number of fused-ring (bicyclic) bond motifs is 1. The van der Waals surface area contributed by atoms with Crippen LogP contribution in [0.3, 0.4) is 0 Å². The summed E-state index contributed by atoms with van der Waals surface area (Å²) in [5.41, 5.74) is 6.67. The summed E-state index contributed by atoms with van der Waals surface area (Å²) >= 11 is 0. The van der Waals surface area contributed by atoms with E-state index < -0.39 is 24.5 Å². The highest BCUT2D eigenvalue weighted by molar-refractivity contribution is 5.86. The van der Waals surface area contributed by atoms with E-state index in [1.54, 1.807) is 10.8 Å². The van der Waals surface area contributed by atoms with Crippen molar-refractivity contribution in [2.45, 2.75) is 55.8 Å². The van der Waals surface area contributed by atoms with Crippen LogP contribution >= 0.6 is 0 Å². The molecule has 5 N–H and O–H groups in total. The van der Waals surface area contributed by atoms with Gasteiger partial charge in [-0.15, -0.1) is 0 Å². The fourth-order valence-corrected chi connectivity index (χ4v) is 5.24. The molecule has 3 aliphatic rings. The lowest BCUT2D eigenvalue weighted by molar-refractivity contribution is -0.0535. The maximum absolute atomic E-state index is 10.7. The molecule has 9 heteroatoms. The Kier molecular flexibility index (Phi) is 4.52. The number of anilines is 1. The van der Waals surface area contributed by atoms with Crippen LogP contribution < -0.4 is 11.1 Å². The van der Waals surface area contributed by atoms with Gasteiger partial charge in [-0.25, -0.2) is 9.97 Å². The molecule has 1 unspecified atom stereocenters. The molecule has 152 valence electrons. The standard InChI is InChI=1S/C19H28N6O3/c20-16-12-3-8-25(17(12)23-11-22-16)18-15(27)14(26)13(28-18)9-24-7-2-5-19(24)4-1-6-21-10-19/h3,8,11,13-15,18,21,26-27H,1-2,4-7,9-10H2,(H2,20,22,23)/t13-,14-,15-,18-,19?/m1/s1. The highest BCUT2D eigenvalue weighted by atomic mass is 16.6. The Morgan fingerprint density at radius 3 is 2.93 bits per heavy atom. The first-order chi connectivity index (χ1) is 13.6. The van der Waals surface area contributed by atoms with Crippen LogP contribution in [0.25, 0.3) is 11.0 Å². The minimum atomic E-state index is -1.03. The highest BCUT2D eigenvalue weighted by Gasteiger charge is 2.48. The van der Waals surface area contributed by atoms with Gasteiger partial charge in [-0.1, -0.05) is 0 Å². The summed E-state index contributed by atoms with van der Waals surface area (Å²) in [6.07, 6.45) is 4.73. The number of nitrogens with zero attached hydrogens (tertiary/aromatic N) is 4. The van der Waals surface area contributed by atoms with E-state index in [-0.39, 0.29) is 5.54 Å². The predicted octanol–water partition coefficient (Wildman–Crippen LogP) is -0.149. The van der Waals surface area contributed by atoms with Gasteiger partial charge in [-0.05, 0) is 44.8 Å². The minimum absolute atomic E-state index is 0.159. The number of nitrogen functional groups attached to an aromatic ring is 1.